The number of ether oxygens (including phenoxy) is 2. The van der Waals surface area contributed by atoms with Gasteiger partial charge in [0.15, 0.2) is 0 Å². The van der Waals surface area contributed by atoms with E-state index in [1.165, 1.54) is 7.11 Å². The van der Waals surface area contributed by atoms with Gasteiger partial charge in [-0.3, -0.25) is 4.79 Å². The van der Waals surface area contributed by atoms with E-state index in [4.69, 9.17) is 9.47 Å². The first-order chi connectivity index (χ1) is 6.62. The van der Waals surface area contributed by atoms with Crippen molar-refractivity contribution < 1.29 is 14.3 Å². The Morgan fingerprint density at radius 1 is 1.64 bits per heavy atom. The highest BCUT2D eigenvalue weighted by Gasteiger charge is 2.62. The van der Waals surface area contributed by atoms with Crippen LogP contribution in [0.4, 0.5) is 0 Å². The topological polar surface area (TPSA) is 35.5 Å². The first-order valence-electron chi connectivity index (χ1n) is 5.01. The average Bonchev–Trinajstić information content (AvgIpc) is 2.49. The molecule has 0 amide bonds. The van der Waals surface area contributed by atoms with Gasteiger partial charge in [-0.2, -0.15) is 0 Å². The van der Waals surface area contributed by atoms with E-state index in [0.717, 1.165) is 19.3 Å². The van der Waals surface area contributed by atoms with Gasteiger partial charge < -0.3 is 9.47 Å². The van der Waals surface area contributed by atoms with Crippen LogP contribution in [0.25, 0.3) is 0 Å². The monoisotopic (exact) mass is 310 g/mol. The minimum absolute atomic E-state index is 0.0258. The Kier molecular flexibility index (Phi) is 2.76. The third-order valence-electron chi connectivity index (χ3n) is 3.41. The molecule has 3 nitrogen and oxygen atoms in total. The van der Waals surface area contributed by atoms with Gasteiger partial charge in [-0.25, -0.2) is 0 Å². The summed E-state index contributed by atoms with van der Waals surface area (Å²) in [6, 6.07) is 0. The van der Waals surface area contributed by atoms with Crippen LogP contribution in [0.2, 0.25) is 0 Å². The summed E-state index contributed by atoms with van der Waals surface area (Å²) in [5.74, 6) is -0.149. The summed E-state index contributed by atoms with van der Waals surface area (Å²) in [6.45, 7) is 1.95. The van der Waals surface area contributed by atoms with E-state index in [1.807, 2.05) is 6.92 Å². The molecule has 0 N–H and O–H groups in total. The Balaban J connectivity index is 2.17. The number of halogens is 1. The molecule has 1 saturated heterocycles. The lowest BCUT2D eigenvalue weighted by Gasteiger charge is -2.52. The third kappa shape index (κ3) is 1.30. The molecule has 80 valence electrons. The van der Waals surface area contributed by atoms with Gasteiger partial charge in [0, 0.05) is 3.92 Å². The number of alkyl halides is 1. The highest BCUT2D eigenvalue weighted by Crippen LogP contribution is 2.53. The second-order valence-electron chi connectivity index (χ2n) is 4.14. The molecule has 0 aromatic rings. The van der Waals surface area contributed by atoms with Crippen LogP contribution in [-0.4, -0.2) is 28.7 Å². The standard InChI is InChI=1S/C10H15IO3/c1-6-8(9(12)13-2)10(14-6)5-3-4-7(10)11/h6-8H,3-5H2,1-2H3/t6-,7+,8+,10+/m1/s1. The van der Waals surface area contributed by atoms with Crippen LogP contribution in [-0.2, 0) is 14.3 Å². The van der Waals surface area contributed by atoms with Crippen molar-refractivity contribution in [3.63, 3.8) is 0 Å². The fourth-order valence-corrected chi connectivity index (χ4v) is 4.06. The van der Waals surface area contributed by atoms with Crippen LogP contribution in [0.5, 0.6) is 0 Å². The number of carbonyl (C=O) groups is 1. The van der Waals surface area contributed by atoms with Crippen molar-refractivity contribution in [2.24, 2.45) is 5.92 Å². The molecule has 0 aromatic carbocycles. The van der Waals surface area contributed by atoms with Gasteiger partial charge in [-0.15, -0.1) is 0 Å². The van der Waals surface area contributed by atoms with Gasteiger partial charge in [0.05, 0.1) is 18.8 Å². The second kappa shape index (κ2) is 3.63. The fourth-order valence-electron chi connectivity index (χ4n) is 2.77. The molecule has 1 saturated carbocycles. The smallest absolute Gasteiger partial charge is 0.314 e. The maximum Gasteiger partial charge on any atom is 0.314 e. The minimum Gasteiger partial charge on any atom is -0.469 e. The van der Waals surface area contributed by atoms with E-state index in [2.05, 4.69) is 22.6 Å². The van der Waals surface area contributed by atoms with E-state index >= 15 is 0 Å². The summed E-state index contributed by atoms with van der Waals surface area (Å²) in [6.07, 6.45) is 3.34. The van der Waals surface area contributed by atoms with Crippen molar-refractivity contribution in [3.05, 3.63) is 0 Å². The van der Waals surface area contributed by atoms with Crippen molar-refractivity contribution in [2.45, 2.75) is 41.8 Å². The molecule has 2 rings (SSSR count). The van der Waals surface area contributed by atoms with Crippen LogP contribution >= 0.6 is 22.6 Å². The normalized spacial score (nSPS) is 46.4. The number of hydrogen-bond donors (Lipinski definition) is 0. The van der Waals surface area contributed by atoms with Crippen molar-refractivity contribution in [1.82, 2.24) is 0 Å². The lowest BCUT2D eigenvalue weighted by molar-refractivity contribution is -0.248. The van der Waals surface area contributed by atoms with Gasteiger partial charge in [0.1, 0.15) is 5.92 Å². The highest BCUT2D eigenvalue weighted by molar-refractivity contribution is 14.1. The summed E-state index contributed by atoms with van der Waals surface area (Å²) < 4.78 is 11.1. The van der Waals surface area contributed by atoms with Crippen molar-refractivity contribution >= 4 is 28.6 Å². The Morgan fingerprint density at radius 2 is 2.36 bits per heavy atom. The Hall–Kier alpha value is 0.160. The lowest BCUT2D eigenvalue weighted by Crippen LogP contribution is -2.64. The molecule has 1 aliphatic carbocycles. The Labute approximate surface area is 97.7 Å². The van der Waals surface area contributed by atoms with Crippen LogP contribution in [0.15, 0.2) is 0 Å². The molecule has 2 aliphatic rings. The molecule has 2 fully saturated rings. The quantitative estimate of drug-likeness (QED) is 0.422. The van der Waals surface area contributed by atoms with Crippen molar-refractivity contribution in [1.29, 1.82) is 0 Å². The molecular weight excluding hydrogens is 295 g/mol. The molecule has 1 aliphatic heterocycles. The molecule has 0 unspecified atom stereocenters. The van der Waals surface area contributed by atoms with E-state index in [-0.39, 0.29) is 23.6 Å². The zero-order chi connectivity index (χ0) is 10.3. The molecule has 4 atom stereocenters. The zero-order valence-electron chi connectivity index (χ0n) is 8.46. The van der Waals surface area contributed by atoms with Crippen LogP contribution < -0.4 is 0 Å². The van der Waals surface area contributed by atoms with Gasteiger partial charge in [0.25, 0.3) is 0 Å². The SMILES string of the molecule is COC(=O)[C@@H]1[C@@H](C)O[C@]12CCC[C@@H]2I. The molecule has 0 bridgehead atoms. The van der Waals surface area contributed by atoms with E-state index in [1.54, 1.807) is 0 Å². The zero-order valence-corrected chi connectivity index (χ0v) is 10.6. The molecular formula is C10H15IO3. The number of hydrogen-bond acceptors (Lipinski definition) is 3. The minimum atomic E-state index is -0.201. The molecule has 1 heterocycles. The second-order valence-corrected chi connectivity index (χ2v) is 5.64. The van der Waals surface area contributed by atoms with Gasteiger partial charge >= 0.3 is 5.97 Å². The predicted octanol–water partition coefficient (Wildman–Crippen LogP) is 1.92. The molecule has 0 aromatic heterocycles. The van der Waals surface area contributed by atoms with Crippen LogP contribution in [0.3, 0.4) is 0 Å². The first-order valence-corrected chi connectivity index (χ1v) is 6.26. The predicted molar refractivity (Wildman–Crippen MR) is 60.4 cm³/mol. The fraction of sp³-hybridized carbons (Fsp3) is 0.900. The number of esters is 1. The first kappa shape index (κ1) is 10.7. The van der Waals surface area contributed by atoms with E-state index in [0.29, 0.717) is 3.92 Å². The lowest BCUT2D eigenvalue weighted by atomic mass is 9.76. The molecule has 14 heavy (non-hydrogen) atoms. The van der Waals surface area contributed by atoms with E-state index in [9.17, 15) is 4.79 Å². The van der Waals surface area contributed by atoms with Crippen LogP contribution in [0.1, 0.15) is 26.2 Å². The van der Waals surface area contributed by atoms with Gasteiger partial charge in [0.2, 0.25) is 0 Å². The third-order valence-corrected chi connectivity index (χ3v) is 5.09. The summed E-state index contributed by atoms with van der Waals surface area (Å²) in [4.78, 5) is 11.6. The Bertz CT molecular complexity index is 256. The summed E-state index contributed by atoms with van der Waals surface area (Å²) >= 11 is 2.40. The molecule has 0 radical (unpaired) electrons. The Morgan fingerprint density at radius 3 is 2.79 bits per heavy atom. The summed E-state index contributed by atoms with van der Waals surface area (Å²) in [5.41, 5.74) is -0.201. The maximum atomic E-state index is 11.6. The number of carbonyl (C=O) groups excluding carboxylic acids is 1. The summed E-state index contributed by atoms with van der Waals surface area (Å²) in [7, 11) is 1.46. The van der Waals surface area contributed by atoms with Crippen LogP contribution in [0, 0.1) is 5.92 Å². The van der Waals surface area contributed by atoms with Crippen molar-refractivity contribution in [2.75, 3.05) is 7.11 Å². The number of rotatable bonds is 1. The maximum absolute atomic E-state index is 11.6. The van der Waals surface area contributed by atoms with Gasteiger partial charge in [-0.05, 0) is 26.2 Å². The molecule has 4 heteroatoms. The number of methoxy groups -OCH3 is 1. The van der Waals surface area contributed by atoms with Crippen molar-refractivity contribution in [3.8, 4) is 0 Å². The largest absolute Gasteiger partial charge is 0.469 e. The average molecular weight is 310 g/mol. The highest BCUT2D eigenvalue weighted by atomic mass is 127. The molecule has 1 spiro atoms. The summed E-state index contributed by atoms with van der Waals surface area (Å²) in [5, 5.41) is 0. The van der Waals surface area contributed by atoms with Gasteiger partial charge in [-0.1, -0.05) is 22.6 Å². The van der Waals surface area contributed by atoms with E-state index < -0.39 is 0 Å².